The Kier molecular flexibility index (Phi) is 4.55. The molecule has 0 aliphatic carbocycles. The summed E-state index contributed by atoms with van der Waals surface area (Å²) >= 11 is 0. The molecule has 2 rings (SSSR count). The Labute approximate surface area is 121 Å². The van der Waals surface area contributed by atoms with Crippen molar-refractivity contribution >= 4 is 17.6 Å². The van der Waals surface area contributed by atoms with Crippen LogP contribution in [0.25, 0.3) is 0 Å². The minimum Gasteiger partial charge on any atom is -0.382 e. The van der Waals surface area contributed by atoms with Gasteiger partial charge in [-0.05, 0) is 5.56 Å². The van der Waals surface area contributed by atoms with Crippen LogP contribution < -0.4 is 11.5 Å². The molecule has 0 aliphatic heterocycles. The van der Waals surface area contributed by atoms with Crippen molar-refractivity contribution in [1.29, 1.82) is 0 Å². The number of nitrogens with one attached hydrogen (secondary N) is 1. The average Bonchev–Trinajstić information content (AvgIpc) is 2.90. The summed E-state index contributed by atoms with van der Waals surface area (Å²) in [5.41, 5.74) is 11.9. The number of hydrogen-bond acceptors (Lipinski definition) is 4. The van der Waals surface area contributed by atoms with Gasteiger partial charge < -0.3 is 16.4 Å². The Balaban J connectivity index is 2.14. The first kappa shape index (κ1) is 14.6. The lowest BCUT2D eigenvalue weighted by Crippen LogP contribution is -2.33. The summed E-state index contributed by atoms with van der Waals surface area (Å²) in [5.74, 6) is -0.484. The summed E-state index contributed by atoms with van der Waals surface area (Å²) in [7, 11) is 0. The van der Waals surface area contributed by atoms with Crippen LogP contribution >= 0.6 is 0 Å². The number of primary amides is 1. The van der Waals surface area contributed by atoms with E-state index in [9.17, 15) is 9.59 Å². The highest BCUT2D eigenvalue weighted by Gasteiger charge is 2.18. The van der Waals surface area contributed by atoms with Crippen molar-refractivity contribution < 1.29 is 9.59 Å². The first-order chi connectivity index (χ1) is 10.1. The van der Waals surface area contributed by atoms with E-state index in [1.807, 2.05) is 30.3 Å². The number of H-pyrrole nitrogens is 1. The lowest BCUT2D eigenvalue weighted by molar-refractivity contribution is -0.118. The molecule has 2 aromatic rings. The number of benzene rings is 1. The maximum atomic E-state index is 12.4. The van der Waals surface area contributed by atoms with Crippen LogP contribution in [-0.4, -0.2) is 33.5 Å². The van der Waals surface area contributed by atoms with Crippen molar-refractivity contribution in [3.05, 3.63) is 47.7 Å². The number of nitrogens with two attached hydrogens (primary N) is 2. The number of anilines is 1. The van der Waals surface area contributed by atoms with Gasteiger partial charge >= 0.3 is 0 Å². The zero-order valence-corrected chi connectivity index (χ0v) is 11.5. The molecular weight excluding hydrogens is 270 g/mol. The molecule has 7 nitrogen and oxygen atoms in total. The number of carbonyl (C=O) groups excluding carboxylic acids is 2. The molecule has 5 N–H and O–H groups in total. The highest BCUT2D eigenvalue weighted by atomic mass is 16.2. The van der Waals surface area contributed by atoms with Gasteiger partial charge in [-0.15, -0.1) is 0 Å². The van der Waals surface area contributed by atoms with E-state index >= 15 is 0 Å². The third-order valence-corrected chi connectivity index (χ3v) is 2.96. The second kappa shape index (κ2) is 6.56. The minimum atomic E-state index is -0.454. The SMILES string of the molecule is NC(=O)CCN(Cc1ccccc1)C(=O)c1cc(N)n[nH]1. The number of nitrogens with zero attached hydrogens (tertiary/aromatic N) is 2. The van der Waals surface area contributed by atoms with E-state index in [0.717, 1.165) is 5.56 Å². The molecule has 0 atom stereocenters. The van der Waals surface area contributed by atoms with Crippen LogP contribution in [0.1, 0.15) is 22.5 Å². The van der Waals surface area contributed by atoms with Crippen LogP contribution in [0.4, 0.5) is 5.82 Å². The van der Waals surface area contributed by atoms with Crippen molar-refractivity contribution in [2.24, 2.45) is 5.73 Å². The number of aromatic amines is 1. The van der Waals surface area contributed by atoms with Crippen LogP contribution in [-0.2, 0) is 11.3 Å². The molecule has 0 fully saturated rings. The summed E-state index contributed by atoms with van der Waals surface area (Å²) in [6, 6.07) is 11.0. The first-order valence-electron chi connectivity index (χ1n) is 6.48. The molecule has 0 radical (unpaired) electrons. The van der Waals surface area contributed by atoms with Crippen molar-refractivity contribution in [2.45, 2.75) is 13.0 Å². The Morgan fingerprint density at radius 1 is 1.24 bits per heavy atom. The smallest absolute Gasteiger partial charge is 0.272 e. The van der Waals surface area contributed by atoms with E-state index in [1.165, 1.54) is 11.0 Å². The zero-order chi connectivity index (χ0) is 15.2. The normalized spacial score (nSPS) is 10.3. The number of hydrogen-bond donors (Lipinski definition) is 3. The van der Waals surface area contributed by atoms with Gasteiger partial charge in [0.05, 0.1) is 0 Å². The molecule has 0 saturated heterocycles. The maximum absolute atomic E-state index is 12.4. The quantitative estimate of drug-likeness (QED) is 0.717. The molecule has 21 heavy (non-hydrogen) atoms. The average molecular weight is 287 g/mol. The summed E-state index contributed by atoms with van der Waals surface area (Å²) in [4.78, 5) is 24.9. The number of rotatable bonds is 6. The van der Waals surface area contributed by atoms with Gasteiger partial charge in [-0.2, -0.15) is 5.10 Å². The van der Waals surface area contributed by atoms with Gasteiger partial charge in [0.25, 0.3) is 5.91 Å². The molecule has 2 amide bonds. The fraction of sp³-hybridized carbons (Fsp3) is 0.214. The maximum Gasteiger partial charge on any atom is 0.272 e. The monoisotopic (exact) mass is 287 g/mol. The summed E-state index contributed by atoms with van der Waals surface area (Å²) in [6.45, 7) is 0.619. The molecule has 1 heterocycles. The van der Waals surface area contributed by atoms with Gasteiger partial charge in [0.1, 0.15) is 11.5 Å². The second-order valence-corrected chi connectivity index (χ2v) is 4.64. The zero-order valence-electron chi connectivity index (χ0n) is 11.5. The molecule has 0 saturated carbocycles. The number of nitrogen functional groups attached to an aromatic ring is 1. The highest BCUT2D eigenvalue weighted by Crippen LogP contribution is 2.10. The number of aromatic nitrogens is 2. The Bertz CT molecular complexity index is 623. The molecule has 110 valence electrons. The predicted molar refractivity (Wildman–Crippen MR) is 78.0 cm³/mol. The van der Waals surface area contributed by atoms with Gasteiger partial charge in [0.2, 0.25) is 5.91 Å². The molecule has 1 aromatic heterocycles. The lowest BCUT2D eigenvalue weighted by atomic mass is 10.2. The van der Waals surface area contributed by atoms with Gasteiger partial charge in [0, 0.05) is 25.6 Å². The van der Waals surface area contributed by atoms with E-state index < -0.39 is 5.91 Å². The second-order valence-electron chi connectivity index (χ2n) is 4.64. The van der Waals surface area contributed by atoms with Crippen molar-refractivity contribution in [2.75, 3.05) is 12.3 Å². The molecular formula is C14H17N5O2. The highest BCUT2D eigenvalue weighted by molar-refractivity contribution is 5.93. The Morgan fingerprint density at radius 3 is 2.52 bits per heavy atom. The molecule has 0 spiro atoms. The van der Waals surface area contributed by atoms with Crippen LogP contribution in [0.5, 0.6) is 0 Å². The van der Waals surface area contributed by atoms with Crippen LogP contribution in [0.15, 0.2) is 36.4 Å². The Morgan fingerprint density at radius 2 is 1.95 bits per heavy atom. The van der Waals surface area contributed by atoms with E-state index in [1.54, 1.807) is 0 Å². The van der Waals surface area contributed by atoms with Crippen LogP contribution in [0.3, 0.4) is 0 Å². The molecule has 0 bridgehead atoms. The first-order valence-corrected chi connectivity index (χ1v) is 6.48. The van der Waals surface area contributed by atoms with Crippen molar-refractivity contribution in [3.8, 4) is 0 Å². The summed E-state index contributed by atoms with van der Waals surface area (Å²) < 4.78 is 0. The van der Waals surface area contributed by atoms with Crippen LogP contribution in [0, 0.1) is 0 Å². The fourth-order valence-corrected chi connectivity index (χ4v) is 1.92. The minimum absolute atomic E-state index is 0.0994. The van der Waals surface area contributed by atoms with E-state index in [4.69, 9.17) is 11.5 Å². The van der Waals surface area contributed by atoms with Gasteiger partial charge in [-0.25, -0.2) is 0 Å². The topological polar surface area (TPSA) is 118 Å². The number of carbonyl (C=O) groups is 2. The van der Waals surface area contributed by atoms with E-state index in [-0.39, 0.29) is 30.4 Å². The van der Waals surface area contributed by atoms with E-state index in [0.29, 0.717) is 6.54 Å². The Hall–Kier alpha value is -2.83. The van der Waals surface area contributed by atoms with Gasteiger partial charge in [0.15, 0.2) is 0 Å². The standard InChI is InChI=1S/C14H17N5O2/c15-12-8-11(17-18-12)14(21)19(7-6-13(16)20)9-10-4-2-1-3-5-10/h1-5,8H,6-7,9H2,(H2,16,20)(H3,15,17,18). The summed E-state index contributed by atoms with van der Waals surface area (Å²) in [6.07, 6.45) is 0.0994. The lowest BCUT2D eigenvalue weighted by Gasteiger charge is -2.21. The van der Waals surface area contributed by atoms with Crippen molar-refractivity contribution in [3.63, 3.8) is 0 Å². The third kappa shape index (κ3) is 4.07. The molecule has 0 unspecified atom stereocenters. The largest absolute Gasteiger partial charge is 0.382 e. The summed E-state index contributed by atoms with van der Waals surface area (Å²) in [5, 5.41) is 6.31. The fourth-order valence-electron chi connectivity index (χ4n) is 1.92. The van der Waals surface area contributed by atoms with Crippen LogP contribution in [0.2, 0.25) is 0 Å². The van der Waals surface area contributed by atoms with E-state index in [2.05, 4.69) is 10.2 Å². The van der Waals surface area contributed by atoms with Crippen molar-refractivity contribution in [1.82, 2.24) is 15.1 Å². The van der Waals surface area contributed by atoms with Gasteiger partial charge in [-0.3, -0.25) is 14.7 Å². The molecule has 7 heteroatoms. The predicted octanol–water partition coefficient (Wildman–Crippen LogP) is 0.510. The molecule has 1 aromatic carbocycles. The molecule has 0 aliphatic rings. The number of amides is 2. The third-order valence-electron chi connectivity index (χ3n) is 2.96. The van der Waals surface area contributed by atoms with Gasteiger partial charge in [-0.1, -0.05) is 30.3 Å².